The summed E-state index contributed by atoms with van der Waals surface area (Å²) < 4.78 is 1.95. The number of pyridine rings is 1. The predicted molar refractivity (Wildman–Crippen MR) is 110 cm³/mol. The van der Waals surface area contributed by atoms with E-state index in [0.717, 1.165) is 16.8 Å². The average Bonchev–Trinajstić information content (AvgIpc) is 2.92. The van der Waals surface area contributed by atoms with E-state index < -0.39 is 5.97 Å². The van der Waals surface area contributed by atoms with Gasteiger partial charge in [0.05, 0.1) is 12.2 Å². The number of anilines is 1. The zero-order valence-corrected chi connectivity index (χ0v) is 15.9. The van der Waals surface area contributed by atoms with Crippen LogP contribution >= 0.6 is 0 Å². The number of carboxylic acid groups (broad SMARTS) is 1. The molecule has 0 aliphatic rings. The van der Waals surface area contributed by atoms with Crippen molar-refractivity contribution in [3.8, 4) is 0 Å². The standard InChI is InChI=1S/C21H23N5O2/c1-14-18(20(27)28)19(15(2)26(14)13-17-8-10-23-11-9-17)25-21(22)24-12-16-6-4-3-5-7-16/h3-11H,12-13H2,1-2H3,(H,27,28)(H3,22,24,25). The first-order valence-corrected chi connectivity index (χ1v) is 8.90. The molecule has 0 spiro atoms. The fourth-order valence-corrected chi connectivity index (χ4v) is 3.13. The Bertz CT molecular complexity index is 995. The first kappa shape index (κ1) is 19.2. The van der Waals surface area contributed by atoms with E-state index in [0.29, 0.717) is 24.5 Å². The maximum absolute atomic E-state index is 11.9. The number of rotatable bonds is 6. The van der Waals surface area contributed by atoms with Gasteiger partial charge in [0.1, 0.15) is 5.56 Å². The van der Waals surface area contributed by atoms with Gasteiger partial charge in [-0.3, -0.25) is 4.98 Å². The Morgan fingerprint density at radius 1 is 1.11 bits per heavy atom. The molecule has 1 aromatic carbocycles. The molecule has 0 saturated carbocycles. The van der Waals surface area contributed by atoms with Crippen LogP contribution in [0.1, 0.15) is 32.9 Å². The SMILES string of the molecule is Cc1c(NC(N)=NCc2ccccc2)c(C(=O)O)c(C)n1Cc1ccncc1. The topological polar surface area (TPSA) is 106 Å². The Morgan fingerprint density at radius 3 is 2.43 bits per heavy atom. The number of carbonyl (C=O) groups is 1. The third-order valence-electron chi connectivity index (χ3n) is 4.62. The van der Waals surface area contributed by atoms with Crippen molar-refractivity contribution in [3.05, 3.63) is 82.9 Å². The van der Waals surface area contributed by atoms with E-state index in [1.54, 1.807) is 19.3 Å². The molecule has 0 saturated heterocycles. The second kappa shape index (κ2) is 8.39. The Hall–Kier alpha value is -3.61. The number of nitrogens with two attached hydrogens (primary N) is 1. The smallest absolute Gasteiger partial charge is 0.339 e. The highest BCUT2D eigenvalue weighted by molar-refractivity contribution is 6.03. The third-order valence-corrected chi connectivity index (χ3v) is 4.62. The molecule has 0 atom stereocenters. The summed E-state index contributed by atoms with van der Waals surface area (Å²) in [6, 6.07) is 13.5. The first-order chi connectivity index (χ1) is 13.5. The van der Waals surface area contributed by atoms with Crippen LogP contribution in [0.2, 0.25) is 0 Å². The predicted octanol–water partition coefficient (Wildman–Crippen LogP) is 3.17. The zero-order chi connectivity index (χ0) is 20.1. The summed E-state index contributed by atoms with van der Waals surface area (Å²) >= 11 is 0. The van der Waals surface area contributed by atoms with Crippen molar-refractivity contribution in [2.24, 2.45) is 10.7 Å². The monoisotopic (exact) mass is 377 g/mol. The van der Waals surface area contributed by atoms with Crippen molar-refractivity contribution in [1.29, 1.82) is 0 Å². The van der Waals surface area contributed by atoms with Gasteiger partial charge >= 0.3 is 5.97 Å². The fraction of sp³-hybridized carbons (Fsp3) is 0.190. The number of carboxylic acids is 1. The van der Waals surface area contributed by atoms with E-state index >= 15 is 0 Å². The maximum atomic E-state index is 11.9. The molecule has 0 bridgehead atoms. The summed E-state index contributed by atoms with van der Waals surface area (Å²) in [4.78, 5) is 20.2. The molecule has 0 radical (unpaired) electrons. The van der Waals surface area contributed by atoms with E-state index in [2.05, 4.69) is 15.3 Å². The van der Waals surface area contributed by atoms with Crippen molar-refractivity contribution in [3.63, 3.8) is 0 Å². The number of aliphatic imine (C=N–C) groups is 1. The minimum absolute atomic E-state index is 0.176. The molecule has 7 nitrogen and oxygen atoms in total. The number of aromatic nitrogens is 2. The molecule has 7 heteroatoms. The van der Waals surface area contributed by atoms with Gasteiger partial charge in [-0.05, 0) is 37.1 Å². The van der Waals surface area contributed by atoms with Crippen LogP contribution in [0, 0.1) is 13.8 Å². The van der Waals surface area contributed by atoms with Gasteiger partial charge in [0.2, 0.25) is 0 Å². The molecule has 0 aliphatic carbocycles. The second-order valence-corrected chi connectivity index (χ2v) is 6.48. The number of aromatic carboxylic acids is 1. The van der Waals surface area contributed by atoms with Crippen LogP contribution < -0.4 is 11.1 Å². The van der Waals surface area contributed by atoms with Crippen LogP contribution in [-0.4, -0.2) is 26.6 Å². The van der Waals surface area contributed by atoms with E-state index in [4.69, 9.17) is 5.73 Å². The van der Waals surface area contributed by atoms with Crippen LogP contribution in [0.5, 0.6) is 0 Å². The number of nitrogens with one attached hydrogen (secondary N) is 1. The Kier molecular flexibility index (Phi) is 5.74. The highest BCUT2D eigenvalue weighted by atomic mass is 16.4. The van der Waals surface area contributed by atoms with E-state index in [1.807, 2.05) is 54.0 Å². The van der Waals surface area contributed by atoms with Gasteiger partial charge in [0.15, 0.2) is 5.96 Å². The Labute approximate surface area is 163 Å². The minimum atomic E-state index is -1.01. The van der Waals surface area contributed by atoms with Gasteiger partial charge < -0.3 is 20.7 Å². The Morgan fingerprint density at radius 2 is 1.79 bits per heavy atom. The number of benzene rings is 1. The summed E-state index contributed by atoms with van der Waals surface area (Å²) in [7, 11) is 0. The molecule has 0 aliphatic heterocycles. The fourth-order valence-electron chi connectivity index (χ4n) is 3.13. The van der Waals surface area contributed by atoms with E-state index in [1.165, 1.54) is 0 Å². The molecular weight excluding hydrogens is 354 g/mol. The molecule has 2 aromatic heterocycles. The van der Waals surface area contributed by atoms with Crippen molar-refractivity contribution < 1.29 is 9.90 Å². The van der Waals surface area contributed by atoms with Gasteiger partial charge in [0, 0.05) is 30.3 Å². The maximum Gasteiger partial charge on any atom is 0.339 e. The quantitative estimate of drug-likeness (QED) is 0.452. The van der Waals surface area contributed by atoms with Gasteiger partial charge in [-0.25, -0.2) is 9.79 Å². The number of guanidine groups is 1. The van der Waals surface area contributed by atoms with Crippen LogP contribution in [0.25, 0.3) is 0 Å². The highest BCUT2D eigenvalue weighted by Crippen LogP contribution is 2.28. The summed E-state index contributed by atoms with van der Waals surface area (Å²) in [5.74, 6) is -0.831. The molecule has 3 aromatic rings. The van der Waals surface area contributed by atoms with Gasteiger partial charge in [0.25, 0.3) is 0 Å². The molecular formula is C21H23N5O2. The molecule has 4 N–H and O–H groups in total. The molecule has 0 amide bonds. The molecule has 144 valence electrons. The highest BCUT2D eigenvalue weighted by Gasteiger charge is 2.23. The lowest BCUT2D eigenvalue weighted by atomic mass is 10.2. The first-order valence-electron chi connectivity index (χ1n) is 8.90. The molecule has 0 unspecified atom stereocenters. The zero-order valence-electron chi connectivity index (χ0n) is 15.9. The third kappa shape index (κ3) is 4.20. The average molecular weight is 377 g/mol. The second-order valence-electron chi connectivity index (χ2n) is 6.48. The summed E-state index contributed by atoms with van der Waals surface area (Å²) in [6.07, 6.45) is 3.43. The molecule has 0 fully saturated rings. The molecule has 28 heavy (non-hydrogen) atoms. The summed E-state index contributed by atoms with van der Waals surface area (Å²) in [5.41, 5.74) is 10.2. The van der Waals surface area contributed by atoms with Crippen molar-refractivity contribution in [1.82, 2.24) is 9.55 Å². The van der Waals surface area contributed by atoms with Crippen LogP contribution in [0.4, 0.5) is 5.69 Å². The molecule has 3 rings (SSSR count). The van der Waals surface area contributed by atoms with Gasteiger partial charge in [-0.1, -0.05) is 30.3 Å². The van der Waals surface area contributed by atoms with Gasteiger partial charge in [-0.15, -0.1) is 0 Å². The normalized spacial score (nSPS) is 11.4. The molecule has 2 heterocycles. The lowest BCUT2D eigenvalue weighted by Gasteiger charge is -2.10. The lowest BCUT2D eigenvalue weighted by molar-refractivity contribution is 0.0697. The Balaban J connectivity index is 1.89. The van der Waals surface area contributed by atoms with Crippen molar-refractivity contribution >= 4 is 17.6 Å². The number of hydrogen-bond acceptors (Lipinski definition) is 3. The summed E-state index contributed by atoms with van der Waals surface area (Å²) in [6.45, 7) is 4.62. The van der Waals surface area contributed by atoms with E-state index in [9.17, 15) is 9.90 Å². The summed E-state index contributed by atoms with van der Waals surface area (Å²) in [5, 5.41) is 12.7. The number of nitrogens with zero attached hydrogens (tertiary/aromatic N) is 3. The van der Waals surface area contributed by atoms with Crippen LogP contribution in [0.15, 0.2) is 59.9 Å². The van der Waals surface area contributed by atoms with Gasteiger partial charge in [-0.2, -0.15) is 0 Å². The lowest BCUT2D eigenvalue weighted by Crippen LogP contribution is -2.24. The largest absolute Gasteiger partial charge is 0.478 e. The minimum Gasteiger partial charge on any atom is -0.478 e. The van der Waals surface area contributed by atoms with Crippen molar-refractivity contribution in [2.75, 3.05) is 5.32 Å². The number of hydrogen-bond donors (Lipinski definition) is 3. The van der Waals surface area contributed by atoms with Crippen LogP contribution in [0.3, 0.4) is 0 Å². The van der Waals surface area contributed by atoms with Crippen LogP contribution in [-0.2, 0) is 13.1 Å². The van der Waals surface area contributed by atoms with Crippen molar-refractivity contribution in [2.45, 2.75) is 26.9 Å². The van der Waals surface area contributed by atoms with E-state index in [-0.39, 0.29) is 11.5 Å².